The van der Waals surface area contributed by atoms with Gasteiger partial charge in [0, 0.05) is 12.8 Å². The number of likely N-dealkylation sites (N-methyl/N-ethyl adjacent to an activating group) is 1. The third kappa shape index (κ3) is 64.1. The predicted molar refractivity (Wildman–Crippen MR) is 346 cm³/mol. The van der Waals surface area contributed by atoms with Gasteiger partial charge < -0.3 is 28.5 Å². The fourth-order valence-corrected chi connectivity index (χ4v) is 9.79. The van der Waals surface area contributed by atoms with E-state index in [-0.39, 0.29) is 32.2 Å². The molecule has 2 unspecified atom stereocenters. The smallest absolute Gasteiger partial charge is 0.361 e. The summed E-state index contributed by atoms with van der Waals surface area (Å²) in [6, 6.07) is 0. The highest BCUT2D eigenvalue weighted by Gasteiger charge is 2.25. The highest BCUT2D eigenvalue weighted by Crippen LogP contribution is 2.18. The van der Waals surface area contributed by atoms with Gasteiger partial charge in [0.2, 0.25) is 0 Å². The fourth-order valence-electron chi connectivity index (χ4n) is 9.79. The molecular weight excluding hydrogens is 1010 g/mol. The van der Waals surface area contributed by atoms with Gasteiger partial charge in [0.1, 0.15) is 13.2 Å². The molecule has 0 aliphatic rings. The molecule has 0 spiro atoms. The lowest BCUT2D eigenvalue weighted by atomic mass is 10.0. The number of hydrogen-bond donors (Lipinski definition) is 1. The molecule has 0 heterocycles. The molecule has 0 aliphatic carbocycles. The monoisotopic (exact) mass is 1140 g/mol. The molecule has 0 saturated heterocycles. The molecular formula is C72H130NO8+. The van der Waals surface area contributed by atoms with Gasteiger partial charge in [-0.05, 0) is 64.2 Å². The van der Waals surface area contributed by atoms with Crippen LogP contribution in [0.2, 0.25) is 0 Å². The van der Waals surface area contributed by atoms with Crippen LogP contribution in [0.5, 0.6) is 0 Å². The molecule has 0 aliphatic heterocycles. The van der Waals surface area contributed by atoms with Crippen LogP contribution in [0.1, 0.15) is 309 Å². The van der Waals surface area contributed by atoms with Crippen LogP contribution >= 0.6 is 0 Å². The summed E-state index contributed by atoms with van der Waals surface area (Å²) in [4.78, 5) is 37.6. The quantitative estimate of drug-likeness (QED) is 0.0211. The Bertz CT molecular complexity index is 1560. The minimum absolute atomic E-state index is 0.180. The number of ether oxygens (including phenoxy) is 4. The summed E-state index contributed by atoms with van der Waals surface area (Å²) in [5.74, 6) is -2.03. The van der Waals surface area contributed by atoms with Crippen molar-refractivity contribution in [3.05, 3.63) is 72.9 Å². The minimum atomic E-state index is -1.52. The van der Waals surface area contributed by atoms with Crippen molar-refractivity contribution in [1.29, 1.82) is 0 Å². The lowest BCUT2D eigenvalue weighted by molar-refractivity contribution is -0.870. The van der Waals surface area contributed by atoms with Crippen LogP contribution in [-0.2, 0) is 33.3 Å². The van der Waals surface area contributed by atoms with Gasteiger partial charge in [0.15, 0.2) is 6.10 Å². The minimum Gasteiger partial charge on any atom is -0.477 e. The van der Waals surface area contributed by atoms with Crippen LogP contribution in [-0.4, -0.2) is 87.4 Å². The standard InChI is InChI=1S/C72H129NO8/c1-6-8-10-12-14-16-18-20-22-24-26-28-30-31-32-33-34-35-36-37-38-39-41-42-44-46-48-50-52-54-56-58-60-62-69(74)79-66-68(67-80-72(71(76)77)78-65-64-73(3,4)5)81-70(75)63-61-59-57-55-53-51-49-47-45-43-40-29-27-25-23-21-19-17-15-13-11-9-7-2/h9,11,15,17,21,23,27,29,43,45,49,51,68,72H,6-8,10,12-14,16,18-20,22,24-26,28,30-42,44,46-48,50,52-67H2,1-5H3/p+1/b11-9-,17-15-,23-21-,29-27-,45-43-,51-49-. The van der Waals surface area contributed by atoms with Crippen LogP contribution in [0.4, 0.5) is 0 Å². The number of esters is 2. The largest absolute Gasteiger partial charge is 0.477 e. The molecule has 0 rings (SSSR count). The van der Waals surface area contributed by atoms with Crippen molar-refractivity contribution in [3.8, 4) is 0 Å². The Morgan fingerprint density at radius 1 is 0.383 bits per heavy atom. The summed E-state index contributed by atoms with van der Waals surface area (Å²) >= 11 is 0. The number of hydrogen-bond acceptors (Lipinski definition) is 7. The number of unbranched alkanes of at least 4 members (excludes halogenated alkanes) is 36. The molecule has 470 valence electrons. The van der Waals surface area contributed by atoms with Crippen LogP contribution in [0.3, 0.4) is 0 Å². The first kappa shape index (κ1) is 77.7. The first-order valence-electron chi connectivity index (χ1n) is 34.1. The van der Waals surface area contributed by atoms with E-state index in [4.69, 9.17) is 18.9 Å². The second-order valence-corrected chi connectivity index (χ2v) is 24.1. The van der Waals surface area contributed by atoms with E-state index < -0.39 is 24.3 Å². The lowest BCUT2D eigenvalue weighted by Gasteiger charge is -2.25. The third-order valence-corrected chi connectivity index (χ3v) is 15.0. The molecule has 1 N–H and O–H groups in total. The number of carbonyl (C=O) groups is 3. The summed E-state index contributed by atoms with van der Waals surface area (Å²) in [7, 11) is 5.97. The second-order valence-electron chi connectivity index (χ2n) is 24.1. The van der Waals surface area contributed by atoms with Crippen molar-refractivity contribution in [3.63, 3.8) is 0 Å². The molecule has 0 aromatic heterocycles. The third-order valence-electron chi connectivity index (χ3n) is 15.0. The van der Waals surface area contributed by atoms with Crippen molar-refractivity contribution in [1.82, 2.24) is 0 Å². The Morgan fingerprint density at radius 3 is 1.05 bits per heavy atom. The topological polar surface area (TPSA) is 108 Å². The fraction of sp³-hybridized carbons (Fsp3) is 0.792. The van der Waals surface area contributed by atoms with Crippen molar-refractivity contribution in [2.75, 3.05) is 47.5 Å². The number of rotatable bonds is 63. The Kier molecular flexibility index (Phi) is 60.2. The summed E-state index contributed by atoms with van der Waals surface area (Å²) < 4.78 is 22.9. The van der Waals surface area contributed by atoms with E-state index in [9.17, 15) is 19.5 Å². The summed E-state index contributed by atoms with van der Waals surface area (Å²) in [6.07, 6.45) is 80.3. The number of carbonyl (C=O) groups excluding carboxylic acids is 2. The van der Waals surface area contributed by atoms with E-state index in [1.807, 2.05) is 21.1 Å². The van der Waals surface area contributed by atoms with Crippen LogP contribution in [0.15, 0.2) is 72.9 Å². The lowest BCUT2D eigenvalue weighted by Crippen LogP contribution is -2.40. The number of carboxylic acids is 1. The van der Waals surface area contributed by atoms with Gasteiger partial charge in [-0.1, -0.05) is 305 Å². The zero-order chi connectivity index (χ0) is 59.1. The first-order chi connectivity index (χ1) is 39.6. The number of quaternary nitrogens is 1. The second kappa shape index (κ2) is 62.8. The van der Waals surface area contributed by atoms with Gasteiger partial charge in [-0.15, -0.1) is 0 Å². The number of allylic oxidation sites excluding steroid dienone is 12. The van der Waals surface area contributed by atoms with Gasteiger partial charge in [-0.2, -0.15) is 0 Å². The van der Waals surface area contributed by atoms with E-state index in [1.54, 1.807) is 0 Å². The molecule has 2 atom stereocenters. The van der Waals surface area contributed by atoms with E-state index in [0.717, 1.165) is 83.5 Å². The number of nitrogens with zero attached hydrogens (tertiary/aromatic N) is 1. The van der Waals surface area contributed by atoms with Gasteiger partial charge in [0.05, 0.1) is 34.4 Å². The molecule has 0 aromatic rings. The van der Waals surface area contributed by atoms with Gasteiger partial charge >= 0.3 is 17.9 Å². The molecule has 0 radical (unpaired) electrons. The molecule has 9 nitrogen and oxygen atoms in total. The number of carboxylic acid groups (broad SMARTS) is 1. The zero-order valence-electron chi connectivity index (χ0n) is 53.7. The molecule has 0 saturated carbocycles. The Morgan fingerprint density at radius 2 is 0.704 bits per heavy atom. The van der Waals surface area contributed by atoms with E-state index in [0.29, 0.717) is 23.9 Å². The van der Waals surface area contributed by atoms with Crippen molar-refractivity contribution >= 4 is 17.9 Å². The van der Waals surface area contributed by atoms with Crippen LogP contribution in [0.25, 0.3) is 0 Å². The number of aliphatic carboxylic acids is 1. The molecule has 0 fully saturated rings. The summed E-state index contributed by atoms with van der Waals surface area (Å²) in [5, 5.41) is 9.73. The molecule has 0 bridgehead atoms. The Balaban J connectivity index is 4.11. The highest BCUT2D eigenvalue weighted by molar-refractivity contribution is 5.71. The Labute approximate surface area is 500 Å². The van der Waals surface area contributed by atoms with Crippen molar-refractivity contribution in [2.45, 2.75) is 322 Å². The zero-order valence-corrected chi connectivity index (χ0v) is 53.7. The van der Waals surface area contributed by atoms with Gasteiger partial charge in [-0.25, -0.2) is 4.79 Å². The van der Waals surface area contributed by atoms with E-state index >= 15 is 0 Å². The van der Waals surface area contributed by atoms with Gasteiger partial charge in [-0.3, -0.25) is 9.59 Å². The van der Waals surface area contributed by atoms with Crippen molar-refractivity contribution < 1.29 is 42.9 Å². The van der Waals surface area contributed by atoms with Gasteiger partial charge in [0.25, 0.3) is 6.29 Å². The normalized spacial score (nSPS) is 13.1. The molecule has 81 heavy (non-hydrogen) atoms. The Hall–Kier alpha value is -3.27. The van der Waals surface area contributed by atoms with Crippen LogP contribution in [0, 0.1) is 0 Å². The van der Waals surface area contributed by atoms with Crippen LogP contribution < -0.4 is 0 Å². The maximum Gasteiger partial charge on any atom is 0.361 e. The summed E-state index contributed by atoms with van der Waals surface area (Å²) in [5.41, 5.74) is 0. The molecule has 9 heteroatoms. The average molecular weight is 1140 g/mol. The molecule has 0 amide bonds. The van der Waals surface area contributed by atoms with Crippen molar-refractivity contribution in [2.24, 2.45) is 0 Å². The summed E-state index contributed by atoms with van der Waals surface area (Å²) in [6.45, 7) is 4.77. The van der Waals surface area contributed by atoms with E-state index in [2.05, 4.69) is 86.8 Å². The highest BCUT2D eigenvalue weighted by atomic mass is 16.7. The predicted octanol–water partition coefficient (Wildman–Crippen LogP) is 20.9. The maximum atomic E-state index is 12.9. The SMILES string of the molecule is CC/C=C\C/C=C\C/C=C\C/C=C\C/C=C\C/C=C\CCCCCCC(=O)OC(COC(=O)CCCCCCCCCCCCCCCCCCCCCCCCCCCCCCCCCCC)COC(OCC[N+](C)(C)C)C(=O)O. The van der Waals surface area contributed by atoms with E-state index in [1.165, 1.54) is 193 Å². The average Bonchev–Trinajstić information content (AvgIpc) is 3.44. The molecule has 0 aromatic carbocycles. The maximum absolute atomic E-state index is 12.9. The first-order valence-corrected chi connectivity index (χ1v) is 34.1.